The van der Waals surface area contributed by atoms with E-state index >= 15 is 0 Å². The molecule has 0 aliphatic heterocycles. The molecule has 0 amide bonds. The maximum Gasteiger partial charge on any atom is 0.120 e. The zero-order valence-corrected chi connectivity index (χ0v) is 19.5. The van der Waals surface area contributed by atoms with Crippen molar-refractivity contribution in [2.75, 3.05) is 13.6 Å². The van der Waals surface area contributed by atoms with Crippen molar-refractivity contribution in [1.82, 2.24) is 35.6 Å². The number of nitrogens with one attached hydrogen (secondary N) is 4. The molecule has 2 aromatic carbocycles. The summed E-state index contributed by atoms with van der Waals surface area (Å²) in [5.74, 6) is 1.86. The molecule has 7 heteroatoms. The van der Waals surface area contributed by atoms with Gasteiger partial charge in [0.05, 0.1) is 42.4 Å². The van der Waals surface area contributed by atoms with Crippen molar-refractivity contribution in [3.63, 3.8) is 0 Å². The van der Waals surface area contributed by atoms with E-state index in [1.807, 2.05) is 31.7 Å². The first-order valence-corrected chi connectivity index (χ1v) is 11.7. The molecule has 0 unspecified atom stereocenters. The van der Waals surface area contributed by atoms with E-state index in [0.29, 0.717) is 6.54 Å². The largest absolute Gasteiger partial charge is 0.341 e. The molecule has 0 aliphatic rings. The SMILES string of the molecule is CCCNCc1ncc(-c2ccc(-c3ccc(-c4cnc(CNC)[nH]4)c4ncccc34)cc2)[nH]1. The lowest BCUT2D eigenvalue weighted by molar-refractivity contribution is 0.655. The zero-order chi connectivity index (χ0) is 23.3. The van der Waals surface area contributed by atoms with Crippen LogP contribution in [0.2, 0.25) is 0 Å². The van der Waals surface area contributed by atoms with Crippen LogP contribution in [0.25, 0.3) is 44.5 Å². The minimum Gasteiger partial charge on any atom is -0.341 e. The molecule has 0 bridgehead atoms. The molecule has 5 aromatic rings. The van der Waals surface area contributed by atoms with Crippen LogP contribution in [0.1, 0.15) is 25.0 Å². The van der Waals surface area contributed by atoms with Crippen LogP contribution in [0.5, 0.6) is 0 Å². The number of pyridine rings is 1. The van der Waals surface area contributed by atoms with Crippen LogP contribution in [0.3, 0.4) is 0 Å². The molecule has 5 rings (SSSR count). The Hall–Kier alpha value is -3.81. The average Bonchev–Trinajstić information content (AvgIpc) is 3.54. The van der Waals surface area contributed by atoms with E-state index in [-0.39, 0.29) is 0 Å². The van der Waals surface area contributed by atoms with E-state index in [1.165, 1.54) is 0 Å². The summed E-state index contributed by atoms with van der Waals surface area (Å²) in [5, 5.41) is 7.62. The van der Waals surface area contributed by atoms with E-state index in [0.717, 1.165) is 75.7 Å². The lowest BCUT2D eigenvalue weighted by Crippen LogP contribution is -2.14. The van der Waals surface area contributed by atoms with Gasteiger partial charge in [0, 0.05) is 17.1 Å². The molecule has 7 nitrogen and oxygen atoms in total. The number of hydrogen-bond donors (Lipinski definition) is 4. The minimum atomic E-state index is 0.697. The smallest absolute Gasteiger partial charge is 0.120 e. The molecule has 0 atom stereocenters. The van der Waals surface area contributed by atoms with Gasteiger partial charge in [0.25, 0.3) is 0 Å². The second kappa shape index (κ2) is 9.99. The molecule has 0 saturated heterocycles. The zero-order valence-electron chi connectivity index (χ0n) is 19.5. The number of aromatic amines is 2. The number of H-pyrrole nitrogens is 2. The number of hydrogen-bond acceptors (Lipinski definition) is 5. The topological polar surface area (TPSA) is 94.3 Å². The predicted molar refractivity (Wildman–Crippen MR) is 137 cm³/mol. The fourth-order valence-electron chi connectivity index (χ4n) is 4.21. The predicted octanol–water partition coefficient (Wildman–Crippen LogP) is 4.90. The summed E-state index contributed by atoms with van der Waals surface area (Å²) in [7, 11) is 1.91. The molecule has 172 valence electrons. The summed E-state index contributed by atoms with van der Waals surface area (Å²) in [6, 6.07) is 17.0. The fourth-order valence-corrected chi connectivity index (χ4v) is 4.21. The molecule has 0 radical (unpaired) electrons. The van der Waals surface area contributed by atoms with Gasteiger partial charge in [0.1, 0.15) is 11.6 Å². The lowest BCUT2D eigenvalue weighted by Gasteiger charge is -2.10. The van der Waals surface area contributed by atoms with Gasteiger partial charge in [-0.2, -0.15) is 0 Å². The third-order valence-electron chi connectivity index (χ3n) is 5.89. The Bertz CT molecular complexity index is 1380. The highest BCUT2D eigenvalue weighted by Crippen LogP contribution is 2.34. The van der Waals surface area contributed by atoms with E-state index < -0.39 is 0 Å². The summed E-state index contributed by atoms with van der Waals surface area (Å²) in [6.07, 6.45) is 6.73. The molecule has 34 heavy (non-hydrogen) atoms. The molecule has 0 fully saturated rings. The van der Waals surface area contributed by atoms with Gasteiger partial charge in [-0.15, -0.1) is 0 Å². The molecule has 0 aliphatic carbocycles. The molecule has 0 spiro atoms. The lowest BCUT2D eigenvalue weighted by atomic mass is 9.96. The Morgan fingerprint density at radius 1 is 0.765 bits per heavy atom. The second-order valence-electron chi connectivity index (χ2n) is 8.33. The van der Waals surface area contributed by atoms with Crippen LogP contribution in [-0.4, -0.2) is 38.5 Å². The van der Waals surface area contributed by atoms with Crippen LogP contribution in [0.4, 0.5) is 0 Å². The number of nitrogens with zero attached hydrogens (tertiary/aromatic N) is 3. The Morgan fingerprint density at radius 3 is 2.26 bits per heavy atom. The van der Waals surface area contributed by atoms with E-state index in [4.69, 9.17) is 4.98 Å². The summed E-state index contributed by atoms with van der Waals surface area (Å²) >= 11 is 0. The van der Waals surface area contributed by atoms with Crippen molar-refractivity contribution in [2.24, 2.45) is 0 Å². The first-order valence-electron chi connectivity index (χ1n) is 11.7. The van der Waals surface area contributed by atoms with Gasteiger partial charge < -0.3 is 20.6 Å². The van der Waals surface area contributed by atoms with Gasteiger partial charge in [-0.25, -0.2) is 9.97 Å². The first-order chi connectivity index (χ1) is 16.8. The van der Waals surface area contributed by atoms with Gasteiger partial charge >= 0.3 is 0 Å². The Kier molecular flexibility index (Phi) is 6.46. The highest BCUT2D eigenvalue weighted by Gasteiger charge is 2.13. The number of benzene rings is 2. The molecule has 3 heterocycles. The summed E-state index contributed by atoms with van der Waals surface area (Å²) in [5.41, 5.74) is 7.43. The highest BCUT2D eigenvalue weighted by atomic mass is 15.0. The van der Waals surface area contributed by atoms with Crippen molar-refractivity contribution < 1.29 is 0 Å². The van der Waals surface area contributed by atoms with Crippen LogP contribution in [0, 0.1) is 0 Å². The standard InChI is InChI=1S/C27H29N7/c1-3-12-29-17-26-31-14-23(33-26)19-8-6-18(7-9-19)20-10-11-22(27-21(20)5-4-13-30-27)24-15-32-25(34-24)16-28-2/h4-11,13-15,28-29H,3,12,16-17H2,1-2H3,(H,31,33)(H,32,34). The fraction of sp³-hybridized carbons (Fsp3) is 0.222. The van der Waals surface area contributed by atoms with Crippen molar-refractivity contribution in [3.05, 3.63) is 78.8 Å². The molecule has 0 saturated carbocycles. The number of rotatable bonds is 9. The molecule has 4 N–H and O–H groups in total. The molecular formula is C27H29N7. The number of aromatic nitrogens is 5. The Balaban J connectivity index is 1.44. The number of imidazole rings is 2. The van der Waals surface area contributed by atoms with Gasteiger partial charge in [0.2, 0.25) is 0 Å². The van der Waals surface area contributed by atoms with Gasteiger partial charge in [-0.05, 0) is 48.8 Å². The van der Waals surface area contributed by atoms with Crippen molar-refractivity contribution in [2.45, 2.75) is 26.4 Å². The highest BCUT2D eigenvalue weighted by molar-refractivity contribution is 6.02. The molecular weight excluding hydrogens is 422 g/mol. The number of fused-ring (bicyclic) bond motifs is 1. The summed E-state index contributed by atoms with van der Waals surface area (Å²) in [4.78, 5) is 20.5. The Labute approximate surface area is 199 Å². The third kappa shape index (κ3) is 4.48. The maximum absolute atomic E-state index is 4.71. The van der Waals surface area contributed by atoms with Crippen LogP contribution >= 0.6 is 0 Å². The van der Waals surface area contributed by atoms with Crippen molar-refractivity contribution in [1.29, 1.82) is 0 Å². The minimum absolute atomic E-state index is 0.697. The monoisotopic (exact) mass is 451 g/mol. The second-order valence-corrected chi connectivity index (χ2v) is 8.33. The average molecular weight is 452 g/mol. The first kappa shape index (κ1) is 22.0. The normalized spacial score (nSPS) is 11.4. The summed E-state index contributed by atoms with van der Waals surface area (Å²) < 4.78 is 0. The van der Waals surface area contributed by atoms with Crippen molar-refractivity contribution in [3.8, 4) is 33.6 Å². The molecule has 3 aromatic heterocycles. The van der Waals surface area contributed by atoms with E-state index in [9.17, 15) is 0 Å². The van der Waals surface area contributed by atoms with Crippen LogP contribution < -0.4 is 10.6 Å². The van der Waals surface area contributed by atoms with Gasteiger partial charge in [-0.1, -0.05) is 43.3 Å². The Morgan fingerprint density at radius 2 is 1.47 bits per heavy atom. The summed E-state index contributed by atoms with van der Waals surface area (Å²) in [6.45, 7) is 4.60. The van der Waals surface area contributed by atoms with Crippen LogP contribution in [-0.2, 0) is 13.1 Å². The third-order valence-corrected chi connectivity index (χ3v) is 5.89. The quantitative estimate of drug-likeness (QED) is 0.239. The van der Waals surface area contributed by atoms with Crippen molar-refractivity contribution >= 4 is 10.9 Å². The van der Waals surface area contributed by atoms with E-state index in [2.05, 4.69) is 80.0 Å². The maximum atomic E-state index is 4.71. The van der Waals surface area contributed by atoms with E-state index in [1.54, 1.807) is 0 Å². The van der Waals surface area contributed by atoms with Gasteiger partial charge in [-0.3, -0.25) is 4.98 Å². The van der Waals surface area contributed by atoms with Gasteiger partial charge in [0.15, 0.2) is 0 Å². The van der Waals surface area contributed by atoms with Crippen LogP contribution in [0.15, 0.2) is 67.1 Å².